The maximum atomic E-state index is 5.66. The lowest BCUT2D eigenvalue weighted by Gasteiger charge is -2.00. The lowest BCUT2D eigenvalue weighted by Crippen LogP contribution is -2.13. The summed E-state index contributed by atoms with van der Waals surface area (Å²) in [5, 5.41) is 7.57. The van der Waals surface area contributed by atoms with Crippen LogP contribution in [0.5, 0.6) is 5.75 Å². The van der Waals surface area contributed by atoms with Crippen LogP contribution in [0.15, 0.2) is 29.1 Å². The number of furan rings is 1. The predicted octanol–water partition coefficient (Wildman–Crippen LogP) is 2.96. The SMILES string of the molecule is CCCNCc1coc(COc2cnn(CCC)c2)c1. The fraction of sp³-hybridized carbons (Fsp3) is 0.533. The first-order chi connectivity index (χ1) is 9.81. The van der Waals surface area contributed by atoms with E-state index in [1.165, 1.54) is 0 Å². The van der Waals surface area contributed by atoms with Gasteiger partial charge in [0.25, 0.3) is 0 Å². The molecule has 2 aromatic rings. The van der Waals surface area contributed by atoms with Crippen LogP contribution in [0.4, 0.5) is 0 Å². The fourth-order valence-corrected chi connectivity index (χ4v) is 1.93. The number of rotatable bonds is 9. The van der Waals surface area contributed by atoms with Gasteiger partial charge in [0.05, 0.1) is 18.7 Å². The standard InChI is InChI=1S/C15H23N3O2/c1-3-5-16-8-13-7-14(19-11-13)12-20-15-9-17-18(10-15)6-4-2/h7,9-11,16H,3-6,8,12H2,1-2H3. The van der Waals surface area contributed by atoms with Gasteiger partial charge < -0.3 is 14.5 Å². The van der Waals surface area contributed by atoms with Crippen molar-refractivity contribution in [2.45, 2.75) is 46.4 Å². The van der Waals surface area contributed by atoms with Crippen LogP contribution in [-0.2, 0) is 19.7 Å². The molecule has 0 aliphatic rings. The van der Waals surface area contributed by atoms with Crippen molar-refractivity contribution in [3.05, 3.63) is 36.0 Å². The third-order valence-corrected chi connectivity index (χ3v) is 2.91. The average molecular weight is 277 g/mol. The molecule has 2 aromatic heterocycles. The van der Waals surface area contributed by atoms with Crippen LogP contribution in [0.3, 0.4) is 0 Å². The summed E-state index contributed by atoms with van der Waals surface area (Å²) in [7, 11) is 0. The van der Waals surface area contributed by atoms with E-state index in [1.54, 1.807) is 12.5 Å². The highest BCUT2D eigenvalue weighted by Gasteiger charge is 2.04. The summed E-state index contributed by atoms with van der Waals surface area (Å²) in [4.78, 5) is 0. The van der Waals surface area contributed by atoms with E-state index in [9.17, 15) is 0 Å². The van der Waals surface area contributed by atoms with Crippen molar-refractivity contribution in [2.75, 3.05) is 6.54 Å². The van der Waals surface area contributed by atoms with Gasteiger partial charge >= 0.3 is 0 Å². The van der Waals surface area contributed by atoms with Crippen molar-refractivity contribution in [1.29, 1.82) is 0 Å². The number of aryl methyl sites for hydroxylation is 1. The zero-order valence-electron chi connectivity index (χ0n) is 12.3. The Hall–Kier alpha value is -1.75. The second-order valence-corrected chi connectivity index (χ2v) is 4.83. The second kappa shape index (κ2) is 7.75. The zero-order chi connectivity index (χ0) is 14.2. The van der Waals surface area contributed by atoms with Crippen LogP contribution in [0, 0.1) is 0 Å². The van der Waals surface area contributed by atoms with Crippen molar-refractivity contribution >= 4 is 0 Å². The molecule has 0 aliphatic carbocycles. The Morgan fingerprint density at radius 2 is 2.25 bits per heavy atom. The van der Waals surface area contributed by atoms with Crippen molar-refractivity contribution in [3.8, 4) is 5.75 Å². The second-order valence-electron chi connectivity index (χ2n) is 4.83. The molecule has 0 atom stereocenters. The molecule has 0 aliphatic heterocycles. The monoisotopic (exact) mass is 277 g/mol. The summed E-state index contributed by atoms with van der Waals surface area (Å²) < 4.78 is 13.0. The largest absolute Gasteiger partial charge is 0.482 e. The molecule has 0 amide bonds. The van der Waals surface area contributed by atoms with E-state index < -0.39 is 0 Å². The molecule has 1 N–H and O–H groups in total. The first-order valence-corrected chi connectivity index (χ1v) is 7.24. The molecular formula is C15H23N3O2. The van der Waals surface area contributed by atoms with Crippen LogP contribution < -0.4 is 10.1 Å². The summed E-state index contributed by atoms with van der Waals surface area (Å²) in [5.41, 5.74) is 1.15. The van der Waals surface area contributed by atoms with Gasteiger partial charge in [-0.25, -0.2) is 0 Å². The van der Waals surface area contributed by atoms with Crippen molar-refractivity contribution in [1.82, 2.24) is 15.1 Å². The van der Waals surface area contributed by atoms with E-state index in [4.69, 9.17) is 9.15 Å². The summed E-state index contributed by atoms with van der Waals surface area (Å²) in [6.45, 7) is 7.49. The van der Waals surface area contributed by atoms with Crippen molar-refractivity contribution < 1.29 is 9.15 Å². The van der Waals surface area contributed by atoms with Gasteiger partial charge in [0.2, 0.25) is 0 Å². The van der Waals surface area contributed by atoms with Gasteiger partial charge in [-0.2, -0.15) is 5.10 Å². The summed E-state index contributed by atoms with van der Waals surface area (Å²) >= 11 is 0. The molecule has 110 valence electrons. The maximum Gasteiger partial charge on any atom is 0.157 e. The number of hydrogen-bond donors (Lipinski definition) is 1. The first kappa shape index (κ1) is 14.7. The molecule has 0 saturated carbocycles. The minimum atomic E-state index is 0.436. The third kappa shape index (κ3) is 4.42. The Morgan fingerprint density at radius 1 is 1.35 bits per heavy atom. The summed E-state index contributed by atoms with van der Waals surface area (Å²) in [6, 6.07) is 2.03. The third-order valence-electron chi connectivity index (χ3n) is 2.91. The van der Waals surface area contributed by atoms with Gasteiger partial charge in [-0.15, -0.1) is 0 Å². The van der Waals surface area contributed by atoms with Crippen LogP contribution in [-0.4, -0.2) is 16.3 Å². The number of nitrogens with zero attached hydrogens (tertiary/aromatic N) is 2. The minimum absolute atomic E-state index is 0.436. The molecular weight excluding hydrogens is 254 g/mol. The fourth-order valence-electron chi connectivity index (χ4n) is 1.93. The number of hydrogen-bond acceptors (Lipinski definition) is 4. The number of aromatic nitrogens is 2. The Morgan fingerprint density at radius 3 is 3.05 bits per heavy atom. The lowest BCUT2D eigenvalue weighted by molar-refractivity contribution is 0.270. The molecule has 0 fully saturated rings. The molecule has 0 bridgehead atoms. The highest BCUT2D eigenvalue weighted by molar-refractivity contribution is 5.15. The van der Waals surface area contributed by atoms with E-state index in [-0.39, 0.29) is 0 Å². The van der Waals surface area contributed by atoms with E-state index in [1.807, 2.05) is 16.9 Å². The average Bonchev–Trinajstić information content (AvgIpc) is 3.07. The molecule has 5 heteroatoms. The predicted molar refractivity (Wildman–Crippen MR) is 77.6 cm³/mol. The topological polar surface area (TPSA) is 52.2 Å². The van der Waals surface area contributed by atoms with E-state index in [0.717, 1.165) is 49.5 Å². The molecule has 5 nitrogen and oxygen atoms in total. The Kier molecular flexibility index (Phi) is 5.68. The molecule has 20 heavy (non-hydrogen) atoms. The summed E-state index contributed by atoms with van der Waals surface area (Å²) in [5.74, 6) is 1.61. The maximum absolute atomic E-state index is 5.66. The van der Waals surface area contributed by atoms with Gasteiger partial charge in [0.15, 0.2) is 5.75 Å². The van der Waals surface area contributed by atoms with Crippen molar-refractivity contribution in [2.24, 2.45) is 0 Å². The zero-order valence-corrected chi connectivity index (χ0v) is 12.3. The van der Waals surface area contributed by atoms with E-state index in [0.29, 0.717) is 6.61 Å². The van der Waals surface area contributed by atoms with Gasteiger partial charge in [-0.05, 0) is 25.5 Å². The normalized spacial score (nSPS) is 10.9. The quantitative estimate of drug-likeness (QED) is 0.716. The highest BCUT2D eigenvalue weighted by atomic mass is 16.5. The van der Waals surface area contributed by atoms with Crippen LogP contribution in [0.25, 0.3) is 0 Å². The van der Waals surface area contributed by atoms with Gasteiger partial charge in [0.1, 0.15) is 12.4 Å². The number of ether oxygens (including phenoxy) is 1. The van der Waals surface area contributed by atoms with E-state index >= 15 is 0 Å². The highest BCUT2D eigenvalue weighted by Crippen LogP contribution is 2.14. The van der Waals surface area contributed by atoms with Crippen LogP contribution >= 0.6 is 0 Å². The molecule has 0 radical (unpaired) electrons. The van der Waals surface area contributed by atoms with Crippen molar-refractivity contribution in [3.63, 3.8) is 0 Å². The van der Waals surface area contributed by atoms with Crippen LogP contribution in [0.1, 0.15) is 38.0 Å². The molecule has 0 aromatic carbocycles. The Bertz CT molecular complexity index is 505. The van der Waals surface area contributed by atoms with Gasteiger partial charge in [-0.1, -0.05) is 13.8 Å². The smallest absolute Gasteiger partial charge is 0.157 e. The van der Waals surface area contributed by atoms with Gasteiger partial charge in [-0.3, -0.25) is 4.68 Å². The molecule has 0 spiro atoms. The first-order valence-electron chi connectivity index (χ1n) is 7.24. The molecule has 0 unspecified atom stereocenters. The van der Waals surface area contributed by atoms with E-state index in [2.05, 4.69) is 24.3 Å². The molecule has 2 heterocycles. The van der Waals surface area contributed by atoms with Crippen LogP contribution in [0.2, 0.25) is 0 Å². The lowest BCUT2D eigenvalue weighted by atomic mass is 10.3. The Labute approximate surface area is 119 Å². The molecule has 2 rings (SSSR count). The minimum Gasteiger partial charge on any atom is -0.482 e. The number of nitrogens with one attached hydrogen (secondary N) is 1. The summed E-state index contributed by atoms with van der Waals surface area (Å²) in [6.07, 6.45) is 7.63. The van der Waals surface area contributed by atoms with Gasteiger partial charge in [0, 0.05) is 18.7 Å². The Balaban J connectivity index is 1.78. The molecule has 0 saturated heterocycles.